The molecule has 10 nitrogen and oxygen atoms in total. The Morgan fingerprint density at radius 1 is 1.07 bits per heavy atom. The fourth-order valence-corrected chi connectivity index (χ4v) is 4.61. The number of amides is 2. The molecular formula is C27H28F5N7O3. The van der Waals surface area contributed by atoms with E-state index >= 15 is 0 Å². The third-order valence-corrected chi connectivity index (χ3v) is 7.06. The van der Waals surface area contributed by atoms with Crippen molar-refractivity contribution in [2.45, 2.75) is 56.3 Å². The highest BCUT2D eigenvalue weighted by Crippen LogP contribution is 2.36. The van der Waals surface area contributed by atoms with E-state index in [0.29, 0.717) is 30.0 Å². The summed E-state index contributed by atoms with van der Waals surface area (Å²) in [6.07, 6.45) is 0.384. The molecule has 2 amide bonds. The molecule has 224 valence electrons. The Labute approximate surface area is 237 Å². The van der Waals surface area contributed by atoms with Gasteiger partial charge in [0, 0.05) is 49.1 Å². The third kappa shape index (κ3) is 6.83. The van der Waals surface area contributed by atoms with Crippen LogP contribution in [0.4, 0.5) is 38.4 Å². The predicted octanol–water partition coefficient (Wildman–Crippen LogP) is 4.84. The summed E-state index contributed by atoms with van der Waals surface area (Å²) in [5.41, 5.74) is -1.44. The molecule has 1 aliphatic heterocycles. The van der Waals surface area contributed by atoms with Crippen LogP contribution < -0.4 is 15.4 Å². The third-order valence-electron chi connectivity index (χ3n) is 7.06. The maximum absolute atomic E-state index is 14.0. The number of rotatable bonds is 8. The molecule has 5 rings (SSSR count). The summed E-state index contributed by atoms with van der Waals surface area (Å²) in [6.45, 7) is 1.45. The van der Waals surface area contributed by atoms with Crippen LogP contribution in [0.25, 0.3) is 0 Å². The van der Waals surface area contributed by atoms with Gasteiger partial charge >= 0.3 is 12.2 Å². The average molecular weight is 594 g/mol. The minimum absolute atomic E-state index is 0.237. The van der Waals surface area contributed by atoms with Gasteiger partial charge in [-0.2, -0.15) is 18.2 Å². The number of nitrogens with one attached hydrogen (secondary N) is 2. The lowest BCUT2D eigenvalue weighted by molar-refractivity contribution is -0.145. The number of hydrogen-bond donors (Lipinski definition) is 3. The van der Waals surface area contributed by atoms with Crippen molar-refractivity contribution in [2.24, 2.45) is 0 Å². The van der Waals surface area contributed by atoms with Gasteiger partial charge in [-0.15, -0.1) is 0 Å². The number of likely N-dealkylation sites (tertiary alicyclic amines) is 1. The molecule has 2 fully saturated rings. The molecule has 0 bridgehead atoms. The van der Waals surface area contributed by atoms with E-state index < -0.39 is 47.6 Å². The Hall–Kier alpha value is -4.14. The van der Waals surface area contributed by atoms with Crippen molar-refractivity contribution < 1.29 is 36.6 Å². The number of urea groups is 1. The largest absolute Gasteiger partial charge is 0.474 e. The predicted molar refractivity (Wildman–Crippen MR) is 140 cm³/mol. The fraction of sp³-hybridized carbons (Fsp3) is 0.444. The minimum Gasteiger partial charge on any atom is -0.474 e. The summed E-state index contributed by atoms with van der Waals surface area (Å²) >= 11 is 0. The van der Waals surface area contributed by atoms with Crippen molar-refractivity contribution in [1.82, 2.24) is 24.8 Å². The van der Waals surface area contributed by atoms with Gasteiger partial charge in [0.1, 0.15) is 29.5 Å². The zero-order chi connectivity index (χ0) is 30.1. The molecule has 2 aliphatic rings. The van der Waals surface area contributed by atoms with E-state index in [4.69, 9.17) is 4.74 Å². The topological polar surface area (TPSA) is 125 Å². The summed E-state index contributed by atoms with van der Waals surface area (Å²) in [7, 11) is 0. The second kappa shape index (κ2) is 11.6. The number of halogens is 5. The van der Waals surface area contributed by atoms with E-state index in [9.17, 15) is 31.9 Å². The number of benzene rings is 1. The van der Waals surface area contributed by atoms with Gasteiger partial charge in [0.05, 0.1) is 5.69 Å². The number of carbonyl (C=O) groups excluding carboxylic acids is 1. The number of aliphatic hydroxyl groups is 1. The molecule has 2 aromatic heterocycles. The molecule has 1 aromatic carbocycles. The SMILES string of the molecule is CC(O)(COc1ccnc(C(F)(F)F)n1)c1cnc(NC2CC2)nc1C1CCN(C(=O)Nc2c(F)cccc2F)CC1. The number of piperidine rings is 1. The quantitative estimate of drug-likeness (QED) is 0.317. The lowest BCUT2D eigenvalue weighted by atomic mass is 9.86. The van der Waals surface area contributed by atoms with Crippen molar-refractivity contribution in [3.05, 3.63) is 65.4 Å². The molecule has 1 unspecified atom stereocenters. The zero-order valence-corrected chi connectivity index (χ0v) is 22.5. The molecule has 1 saturated heterocycles. The van der Waals surface area contributed by atoms with E-state index in [0.717, 1.165) is 37.2 Å². The Morgan fingerprint density at radius 3 is 2.40 bits per heavy atom. The van der Waals surface area contributed by atoms with Crippen molar-refractivity contribution >= 4 is 17.7 Å². The van der Waals surface area contributed by atoms with Crippen LogP contribution >= 0.6 is 0 Å². The van der Waals surface area contributed by atoms with Crippen LogP contribution in [0.2, 0.25) is 0 Å². The average Bonchev–Trinajstić information content (AvgIpc) is 3.78. The number of anilines is 2. The highest BCUT2D eigenvalue weighted by Gasteiger charge is 2.37. The highest BCUT2D eigenvalue weighted by atomic mass is 19.4. The molecule has 1 atom stereocenters. The standard InChI is InChI=1S/C27H28F5N7O3/c1-26(41,14-42-20-7-10-33-23(36-20)27(30,31)32)17-13-34-24(35-16-5-6-16)37-21(17)15-8-11-39(12-9-15)25(40)38-22-18(28)3-2-4-19(22)29/h2-4,7,10,13,15-16,41H,5-6,8-9,11-12,14H2,1H3,(H,38,40)(H,34,35,37). The van der Waals surface area contributed by atoms with Crippen molar-refractivity contribution in [3.8, 4) is 5.88 Å². The van der Waals surface area contributed by atoms with E-state index in [1.54, 1.807) is 0 Å². The number of hydrogen-bond acceptors (Lipinski definition) is 8. The van der Waals surface area contributed by atoms with Crippen molar-refractivity contribution in [2.75, 3.05) is 30.3 Å². The molecule has 0 spiro atoms. The summed E-state index contributed by atoms with van der Waals surface area (Å²) in [4.78, 5) is 29.7. The Morgan fingerprint density at radius 2 is 1.76 bits per heavy atom. The number of aromatic nitrogens is 4. The molecule has 3 aromatic rings. The molecule has 1 aliphatic carbocycles. The lowest BCUT2D eigenvalue weighted by Gasteiger charge is -2.34. The normalized spacial score (nSPS) is 17.5. The first-order chi connectivity index (χ1) is 19.9. The van der Waals surface area contributed by atoms with Crippen molar-refractivity contribution in [3.63, 3.8) is 0 Å². The molecule has 3 N–H and O–H groups in total. The Balaban J connectivity index is 1.31. The van der Waals surface area contributed by atoms with Gasteiger partial charge in [-0.1, -0.05) is 6.07 Å². The Bertz CT molecular complexity index is 1420. The molecule has 0 radical (unpaired) electrons. The first kappa shape index (κ1) is 29.4. The van der Waals surface area contributed by atoms with Crippen LogP contribution in [0.15, 0.2) is 36.7 Å². The van der Waals surface area contributed by atoms with Crippen LogP contribution in [0.1, 0.15) is 55.6 Å². The van der Waals surface area contributed by atoms with Gasteiger partial charge < -0.3 is 25.4 Å². The number of ether oxygens (including phenoxy) is 1. The van der Waals surface area contributed by atoms with Crippen LogP contribution in [-0.4, -0.2) is 61.7 Å². The number of carbonyl (C=O) groups is 1. The van der Waals surface area contributed by atoms with Gasteiger partial charge in [0.25, 0.3) is 0 Å². The summed E-state index contributed by atoms with van der Waals surface area (Å²) in [6, 6.07) is 4.04. The summed E-state index contributed by atoms with van der Waals surface area (Å²) in [5.74, 6) is -3.38. The van der Waals surface area contributed by atoms with Gasteiger partial charge in [-0.3, -0.25) is 0 Å². The van der Waals surface area contributed by atoms with Crippen molar-refractivity contribution in [1.29, 1.82) is 0 Å². The maximum Gasteiger partial charge on any atom is 0.451 e. The number of para-hydroxylation sites is 1. The van der Waals surface area contributed by atoms with Crippen LogP contribution in [0, 0.1) is 11.6 Å². The molecule has 15 heteroatoms. The van der Waals surface area contributed by atoms with Crippen LogP contribution in [-0.2, 0) is 11.8 Å². The van der Waals surface area contributed by atoms with E-state index in [1.807, 2.05) is 0 Å². The van der Waals surface area contributed by atoms with E-state index in [2.05, 4.69) is 30.6 Å². The Kier molecular flexibility index (Phi) is 8.12. The minimum atomic E-state index is -4.76. The van der Waals surface area contributed by atoms with E-state index in [1.165, 1.54) is 24.1 Å². The van der Waals surface area contributed by atoms with Crippen LogP contribution in [0.3, 0.4) is 0 Å². The zero-order valence-electron chi connectivity index (χ0n) is 22.5. The van der Waals surface area contributed by atoms with Gasteiger partial charge in [-0.05, 0) is 44.7 Å². The summed E-state index contributed by atoms with van der Waals surface area (Å²) in [5, 5.41) is 16.9. The second-order valence-corrected chi connectivity index (χ2v) is 10.5. The summed E-state index contributed by atoms with van der Waals surface area (Å²) < 4.78 is 72.5. The molecule has 1 saturated carbocycles. The molecule has 3 heterocycles. The first-order valence-corrected chi connectivity index (χ1v) is 13.3. The monoisotopic (exact) mass is 593 g/mol. The van der Waals surface area contributed by atoms with Gasteiger partial charge in [-0.25, -0.2) is 28.5 Å². The fourth-order valence-electron chi connectivity index (χ4n) is 4.61. The maximum atomic E-state index is 14.0. The second-order valence-electron chi connectivity index (χ2n) is 10.5. The smallest absolute Gasteiger partial charge is 0.451 e. The van der Waals surface area contributed by atoms with Crippen LogP contribution in [0.5, 0.6) is 5.88 Å². The van der Waals surface area contributed by atoms with Gasteiger partial charge in [0.15, 0.2) is 0 Å². The van der Waals surface area contributed by atoms with E-state index in [-0.39, 0.29) is 30.9 Å². The molecule has 42 heavy (non-hydrogen) atoms. The lowest BCUT2D eigenvalue weighted by Crippen LogP contribution is -2.41. The molecular weight excluding hydrogens is 565 g/mol. The highest BCUT2D eigenvalue weighted by molar-refractivity contribution is 5.89. The number of nitrogens with zero attached hydrogens (tertiary/aromatic N) is 5. The van der Waals surface area contributed by atoms with Gasteiger partial charge in [0.2, 0.25) is 17.7 Å². The number of alkyl halides is 3. The first-order valence-electron chi connectivity index (χ1n) is 13.3.